The van der Waals surface area contributed by atoms with Gasteiger partial charge in [0.15, 0.2) is 0 Å². The van der Waals surface area contributed by atoms with Gasteiger partial charge in [0, 0.05) is 0 Å². The van der Waals surface area contributed by atoms with Crippen LogP contribution < -0.4 is 0 Å². The Kier molecular flexibility index (Phi) is 4.70. The first-order chi connectivity index (χ1) is 12.2. The second-order valence-electron chi connectivity index (χ2n) is 5.67. The van der Waals surface area contributed by atoms with E-state index >= 15 is 0 Å². The number of hydrogen-bond donors (Lipinski definition) is 0. The minimum atomic E-state index is -1.48. The lowest BCUT2D eigenvalue weighted by molar-refractivity contribution is -0.161. The lowest BCUT2D eigenvalue weighted by Crippen LogP contribution is -2.34. The molecule has 0 saturated carbocycles. The van der Waals surface area contributed by atoms with E-state index in [9.17, 15) is 9.59 Å². The van der Waals surface area contributed by atoms with Gasteiger partial charge in [0.05, 0.1) is 13.2 Å². The van der Waals surface area contributed by atoms with Crippen LogP contribution >= 0.6 is 0 Å². The molecule has 2 aromatic rings. The smallest absolute Gasteiger partial charge is 0.332 e. The third-order valence-electron chi connectivity index (χ3n) is 4.23. The molecular formula is C21H20O4. The van der Waals surface area contributed by atoms with Gasteiger partial charge in [0.25, 0.3) is 0 Å². The van der Waals surface area contributed by atoms with Crippen LogP contribution in [0.4, 0.5) is 0 Å². The number of rotatable bonds is 6. The SMILES string of the molecule is CCOC(=O)C1(C(=O)OCC)C(c2ccccc2)=C1c1ccccc1. The molecule has 0 amide bonds. The van der Waals surface area contributed by atoms with Crippen LogP contribution in [0.5, 0.6) is 0 Å². The largest absolute Gasteiger partial charge is 0.465 e. The van der Waals surface area contributed by atoms with E-state index in [1.807, 2.05) is 60.7 Å². The van der Waals surface area contributed by atoms with Crippen molar-refractivity contribution >= 4 is 23.1 Å². The van der Waals surface area contributed by atoms with Crippen LogP contribution in [-0.2, 0) is 19.1 Å². The maximum absolute atomic E-state index is 12.8. The molecule has 0 N–H and O–H groups in total. The molecule has 0 spiro atoms. The molecule has 2 aromatic carbocycles. The van der Waals surface area contributed by atoms with Crippen LogP contribution in [0, 0.1) is 5.41 Å². The summed E-state index contributed by atoms with van der Waals surface area (Å²) >= 11 is 0. The maximum Gasteiger partial charge on any atom is 0.332 e. The van der Waals surface area contributed by atoms with Crippen molar-refractivity contribution in [3.05, 3.63) is 71.8 Å². The average Bonchev–Trinajstić information content (AvgIpc) is 3.35. The molecule has 0 heterocycles. The lowest BCUT2D eigenvalue weighted by Gasteiger charge is -2.17. The molecular weight excluding hydrogens is 316 g/mol. The highest BCUT2D eigenvalue weighted by atomic mass is 16.6. The van der Waals surface area contributed by atoms with Gasteiger partial charge in [-0.05, 0) is 36.1 Å². The Hall–Kier alpha value is -2.88. The van der Waals surface area contributed by atoms with E-state index in [-0.39, 0.29) is 13.2 Å². The van der Waals surface area contributed by atoms with Crippen molar-refractivity contribution < 1.29 is 19.1 Å². The first kappa shape index (κ1) is 17.0. The molecule has 4 heteroatoms. The summed E-state index contributed by atoms with van der Waals surface area (Å²) in [5.74, 6) is -1.16. The van der Waals surface area contributed by atoms with E-state index in [0.717, 1.165) is 11.1 Å². The summed E-state index contributed by atoms with van der Waals surface area (Å²) in [7, 11) is 0. The Morgan fingerprint density at radius 2 is 1.08 bits per heavy atom. The van der Waals surface area contributed by atoms with Crippen LogP contribution in [-0.4, -0.2) is 25.2 Å². The van der Waals surface area contributed by atoms with Gasteiger partial charge in [-0.2, -0.15) is 0 Å². The van der Waals surface area contributed by atoms with E-state index in [0.29, 0.717) is 11.1 Å². The molecule has 4 nitrogen and oxygen atoms in total. The number of ether oxygens (including phenoxy) is 2. The third-order valence-corrected chi connectivity index (χ3v) is 4.23. The van der Waals surface area contributed by atoms with Crippen LogP contribution in [0.1, 0.15) is 25.0 Å². The summed E-state index contributed by atoms with van der Waals surface area (Å²) < 4.78 is 10.5. The molecule has 25 heavy (non-hydrogen) atoms. The van der Waals surface area contributed by atoms with Crippen molar-refractivity contribution in [3.63, 3.8) is 0 Å². The average molecular weight is 336 g/mol. The number of esters is 2. The topological polar surface area (TPSA) is 52.6 Å². The van der Waals surface area contributed by atoms with Gasteiger partial charge < -0.3 is 9.47 Å². The van der Waals surface area contributed by atoms with Crippen LogP contribution in [0.15, 0.2) is 60.7 Å². The number of benzene rings is 2. The predicted octanol–water partition coefficient (Wildman–Crippen LogP) is 3.72. The molecule has 0 saturated heterocycles. The molecule has 0 atom stereocenters. The maximum atomic E-state index is 12.8. The molecule has 0 aromatic heterocycles. The molecule has 0 radical (unpaired) electrons. The predicted molar refractivity (Wildman–Crippen MR) is 95.4 cm³/mol. The van der Waals surface area contributed by atoms with Crippen molar-refractivity contribution in [2.75, 3.05) is 13.2 Å². The highest BCUT2D eigenvalue weighted by Gasteiger charge is 2.68. The summed E-state index contributed by atoms with van der Waals surface area (Å²) in [6.07, 6.45) is 0. The van der Waals surface area contributed by atoms with E-state index in [1.54, 1.807) is 13.8 Å². The molecule has 0 bridgehead atoms. The summed E-state index contributed by atoms with van der Waals surface area (Å²) in [6, 6.07) is 18.9. The zero-order valence-electron chi connectivity index (χ0n) is 14.3. The van der Waals surface area contributed by atoms with Gasteiger partial charge in [-0.1, -0.05) is 60.7 Å². The third kappa shape index (κ3) is 2.74. The lowest BCUT2D eigenvalue weighted by atomic mass is 9.92. The Morgan fingerprint density at radius 3 is 1.40 bits per heavy atom. The summed E-state index contributed by atoms with van der Waals surface area (Å²) in [5, 5.41) is 0. The van der Waals surface area contributed by atoms with Crippen molar-refractivity contribution in [2.24, 2.45) is 5.41 Å². The number of carbonyl (C=O) groups is 2. The molecule has 3 rings (SSSR count). The molecule has 0 aliphatic heterocycles. The van der Waals surface area contributed by atoms with Crippen molar-refractivity contribution in [1.82, 2.24) is 0 Å². The summed E-state index contributed by atoms with van der Waals surface area (Å²) in [5.41, 5.74) is 1.49. The quantitative estimate of drug-likeness (QED) is 0.596. The van der Waals surface area contributed by atoms with Crippen LogP contribution in [0.25, 0.3) is 11.1 Å². The standard InChI is InChI=1S/C21H20O4/c1-3-24-19(22)21(20(23)25-4-2)17(15-11-7-5-8-12-15)18(21)16-13-9-6-10-14-16/h5-14H,3-4H2,1-2H3. The number of carbonyl (C=O) groups excluding carboxylic acids is 2. The van der Waals surface area contributed by atoms with E-state index < -0.39 is 17.4 Å². The van der Waals surface area contributed by atoms with Crippen molar-refractivity contribution in [1.29, 1.82) is 0 Å². The van der Waals surface area contributed by atoms with Gasteiger partial charge in [0.1, 0.15) is 0 Å². The number of hydrogen-bond acceptors (Lipinski definition) is 4. The Morgan fingerprint density at radius 1 is 0.720 bits per heavy atom. The first-order valence-corrected chi connectivity index (χ1v) is 8.38. The molecule has 1 aliphatic rings. The fraction of sp³-hybridized carbons (Fsp3) is 0.238. The second kappa shape index (κ2) is 6.93. The van der Waals surface area contributed by atoms with E-state index in [1.165, 1.54) is 0 Å². The second-order valence-corrected chi connectivity index (χ2v) is 5.67. The Labute approximate surface area is 147 Å². The van der Waals surface area contributed by atoms with Crippen molar-refractivity contribution in [2.45, 2.75) is 13.8 Å². The van der Waals surface area contributed by atoms with Gasteiger partial charge in [-0.25, -0.2) is 0 Å². The Balaban J connectivity index is 2.17. The minimum absolute atomic E-state index is 0.199. The normalized spacial score (nSPS) is 14.8. The van der Waals surface area contributed by atoms with Crippen LogP contribution in [0.3, 0.4) is 0 Å². The summed E-state index contributed by atoms with van der Waals surface area (Å²) in [6.45, 7) is 3.85. The van der Waals surface area contributed by atoms with Gasteiger partial charge in [-0.3, -0.25) is 9.59 Å². The molecule has 0 fully saturated rings. The molecule has 128 valence electrons. The fourth-order valence-corrected chi connectivity index (χ4v) is 3.18. The molecule has 0 unspecified atom stereocenters. The highest BCUT2D eigenvalue weighted by molar-refractivity contribution is 6.38. The van der Waals surface area contributed by atoms with Gasteiger partial charge in [-0.15, -0.1) is 0 Å². The van der Waals surface area contributed by atoms with E-state index in [4.69, 9.17) is 9.47 Å². The monoisotopic (exact) mass is 336 g/mol. The fourth-order valence-electron chi connectivity index (χ4n) is 3.18. The van der Waals surface area contributed by atoms with Gasteiger partial charge >= 0.3 is 11.9 Å². The zero-order valence-corrected chi connectivity index (χ0v) is 14.3. The summed E-state index contributed by atoms with van der Waals surface area (Å²) in [4.78, 5) is 25.7. The van der Waals surface area contributed by atoms with Crippen molar-refractivity contribution in [3.8, 4) is 0 Å². The van der Waals surface area contributed by atoms with E-state index in [2.05, 4.69) is 0 Å². The molecule has 1 aliphatic carbocycles. The minimum Gasteiger partial charge on any atom is -0.465 e. The Bertz CT molecular complexity index is 737. The zero-order chi connectivity index (χ0) is 17.9. The van der Waals surface area contributed by atoms with Crippen LogP contribution in [0.2, 0.25) is 0 Å². The highest BCUT2D eigenvalue weighted by Crippen LogP contribution is 2.64. The first-order valence-electron chi connectivity index (χ1n) is 8.38. The van der Waals surface area contributed by atoms with Gasteiger partial charge in [0.2, 0.25) is 5.41 Å².